The molecule has 0 aromatic heterocycles. The van der Waals surface area contributed by atoms with Crippen LogP contribution >= 0.6 is 0 Å². The number of benzene rings is 1. The van der Waals surface area contributed by atoms with Crippen molar-refractivity contribution in [3.05, 3.63) is 35.9 Å². The van der Waals surface area contributed by atoms with Gasteiger partial charge in [-0.3, -0.25) is 9.69 Å². The fourth-order valence-electron chi connectivity index (χ4n) is 3.91. The molecule has 26 heavy (non-hydrogen) atoms. The molecule has 2 saturated heterocycles. The van der Waals surface area contributed by atoms with Crippen LogP contribution in [-0.2, 0) is 11.3 Å². The van der Waals surface area contributed by atoms with Crippen molar-refractivity contribution in [2.75, 3.05) is 19.6 Å². The first-order chi connectivity index (χ1) is 12.6. The van der Waals surface area contributed by atoms with E-state index in [1.165, 1.54) is 5.56 Å². The summed E-state index contributed by atoms with van der Waals surface area (Å²) in [4.78, 5) is 28.4. The van der Waals surface area contributed by atoms with Gasteiger partial charge in [-0.05, 0) is 31.7 Å². The van der Waals surface area contributed by atoms with Crippen molar-refractivity contribution in [2.45, 2.75) is 50.9 Å². The summed E-state index contributed by atoms with van der Waals surface area (Å²) in [5, 5.41) is 6.20. The van der Waals surface area contributed by atoms with Gasteiger partial charge in [-0.2, -0.15) is 0 Å². The van der Waals surface area contributed by atoms with E-state index in [1.54, 1.807) is 4.90 Å². The van der Waals surface area contributed by atoms with Gasteiger partial charge in [0.15, 0.2) is 0 Å². The van der Waals surface area contributed by atoms with E-state index in [0.29, 0.717) is 19.1 Å². The molecule has 3 aliphatic rings. The first-order valence-corrected chi connectivity index (χ1v) is 9.72. The van der Waals surface area contributed by atoms with Gasteiger partial charge >= 0.3 is 6.03 Å². The SMILES string of the molecule is CC1CC(NC(=O)N2CC(NC(=O)C3CC3)C2)CN1Cc1ccccc1. The third-order valence-electron chi connectivity index (χ3n) is 5.72. The minimum absolute atomic E-state index is 0.000632. The molecular weight excluding hydrogens is 328 g/mol. The Morgan fingerprint density at radius 1 is 1.04 bits per heavy atom. The molecule has 6 nitrogen and oxygen atoms in total. The van der Waals surface area contributed by atoms with Crippen molar-refractivity contribution in [3.8, 4) is 0 Å². The lowest BCUT2D eigenvalue weighted by Gasteiger charge is -2.40. The molecule has 1 aromatic carbocycles. The molecule has 6 heteroatoms. The molecule has 3 fully saturated rings. The predicted octanol–water partition coefficient (Wildman–Crippen LogP) is 1.57. The van der Waals surface area contributed by atoms with Gasteiger partial charge in [0.2, 0.25) is 5.91 Å². The van der Waals surface area contributed by atoms with E-state index in [1.807, 2.05) is 6.07 Å². The molecule has 2 unspecified atom stereocenters. The fourth-order valence-corrected chi connectivity index (χ4v) is 3.91. The van der Waals surface area contributed by atoms with Crippen LogP contribution in [-0.4, -0.2) is 59.5 Å². The van der Waals surface area contributed by atoms with Gasteiger partial charge < -0.3 is 15.5 Å². The summed E-state index contributed by atoms with van der Waals surface area (Å²) in [6.07, 6.45) is 3.01. The Morgan fingerprint density at radius 3 is 2.46 bits per heavy atom. The van der Waals surface area contributed by atoms with Crippen molar-refractivity contribution >= 4 is 11.9 Å². The van der Waals surface area contributed by atoms with E-state index < -0.39 is 0 Å². The average molecular weight is 356 g/mol. The molecule has 2 aliphatic heterocycles. The van der Waals surface area contributed by atoms with Gasteiger partial charge in [0, 0.05) is 44.2 Å². The molecule has 0 radical (unpaired) electrons. The highest BCUT2D eigenvalue weighted by molar-refractivity contribution is 5.82. The number of amides is 3. The fraction of sp³-hybridized carbons (Fsp3) is 0.600. The number of nitrogens with zero attached hydrogens (tertiary/aromatic N) is 2. The standard InChI is InChI=1S/C20H28N4O2/c1-14-9-17(11-23(14)10-15-5-3-2-4-6-15)22-20(26)24-12-18(13-24)21-19(25)16-7-8-16/h2-6,14,16-18H,7-13H2,1H3,(H,21,25)(H,22,26). The van der Waals surface area contributed by atoms with E-state index in [9.17, 15) is 9.59 Å². The van der Waals surface area contributed by atoms with Crippen molar-refractivity contribution in [1.29, 1.82) is 0 Å². The summed E-state index contributed by atoms with van der Waals surface area (Å²) >= 11 is 0. The Kier molecular flexibility index (Phi) is 4.85. The minimum Gasteiger partial charge on any atom is -0.350 e. The zero-order valence-electron chi connectivity index (χ0n) is 15.4. The third-order valence-corrected chi connectivity index (χ3v) is 5.72. The Balaban J connectivity index is 1.20. The van der Waals surface area contributed by atoms with Crippen molar-refractivity contribution in [2.24, 2.45) is 5.92 Å². The molecule has 0 bridgehead atoms. The van der Waals surface area contributed by atoms with Crippen LogP contribution in [0, 0.1) is 5.92 Å². The van der Waals surface area contributed by atoms with Crippen LogP contribution in [0.2, 0.25) is 0 Å². The number of rotatable bonds is 5. The molecule has 1 aromatic rings. The molecule has 0 spiro atoms. The number of likely N-dealkylation sites (tertiary alicyclic amines) is 2. The summed E-state index contributed by atoms with van der Waals surface area (Å²) in [6.45, 7) is 5.29. The monoisotopic (exact) mass is 356 g/mol. The van der Waals surface area contributed by atoms with Gasteiger partial charge in [-0.1, -0.05) is 30.3 Å². The summed E-state index contributed by atoms with van der Waals surface area (Å²) in [5.41, 5.74) is 1.31. The lowest BCUT2D eigenvalue weighted by atomic mass is 10.1. The normalized spacial score (nSPS) is 26.4. The number of carbonyl (C=O) groups is 2. The van der Waals surface area contributed by atoms with Gasteiger partial charge in [0.05, 0.1) is 6.04 Å². The molecule has 3 amide bonds. The number of carbonyl (C=O) groups excluding carboxylic acids is 2. The Labute approximate surface area is 154 Å². The average Bonchev–Trinajstić information content (AvgIpc) is 3.37. The van der Waals surface area contributed by atoms with E-state index >= 15 is 0 Å². The third kappa shape index (κ3) is 4.01. The minimum atomic E-state index is 0.000632. The highest BCUT2D eigenvalue weighted by Crippen LogP contribution is 2.29. The van der Waals surface area contributed by atoms with Crippen molar-refractivity contribution in [1.82, 2.24) is 20.4 Å². The van der Waals surface area contributed by atoms with Crippen LogP contribution in [0.5, 0.6) is 0 Å². The highest BCUT2D eigenvalue weighted by Gasteiger charge is 2.37. The number of hydrogen-bond acceptors (Lipinski definition) is 3. The van der Waals surface area contributed by atoms with Gasteiger partial charge in [-0.25, -0.2) is 4.79 Å². The van der Waals surface area contributed by atoms with Crippen LogP contribution in [0.15, 0.2) is 30.3 Å². The van der Waals surface area contributed by atoms with Crippen LogP contribution in [0.4, 0.5) is 4.79 Å². The second-order valence-electron chi connectivity index (χ2n) is 8.03. The maximum atomic E-state index is 12.4. The first kappa shape index (κ1) is 17.3. The lowest BCUT2D eigenvalue weighted by molar-refractivity contribution is -0.123. The van der Waals surface area contributed by atoms with Crippen molar-refractivity contribution < 1.29 is 9.59 Å². The van der Waals surface area contributed by atoms with Crippen LogP contribution in [0.3, 0.4) is 0 Å². The van der Waals surface area contributed by atoms with E-state index in [-0.39, 0.29) is 29.9 Å². The van der Waals surface area contributed by atoms with Crippen LogP contribution < -0.4 is 10.6 Å². The smallest absolute Gasteiger partial charge is 0.317 e. The summed E-state index contributed by atoms with van der Waals surface area (Å²) in [6, 6.07) is 11.3. The maximum absolute atomic E-state index is 12.4. The Hall–Kier alpha value is -2.08. The molecule has 2 heterocycles. The summed E-state index contributed by atoms with van der Waals surface area (Å²) in [5.74, 6) is 0.393. The topological polar surface area (TPSA) is 64.7 Å². The van der Waals surface area contributed by atoms with Crippen LogP contribution in [0.1, 0.15) is 31.7 Å². The van der Waals surface area contributed by atoms with E-state index in [0.717, 1.165) is 32.4 Å². The lowest BCUT2D eigenvalue weighted by Crippen LogP contribution is -2.63. The first-order valence-electron chi connectivity index (χ1n) is 9.72. The second kappa shape index (κ2) is 7.27. The quantitative estimate of drug-likeness (QED) is 0.842. The predicted molar refractivity (Wildman–Crippen MR) is 99.5 cm³/mol. The van der Waals surface area contributed by atoms with E-state index in [4.69, 9.17) is 0 Å². The van der Waals surface area contributed by atoms with Gasteiger partial charge in [0.1, 0.15) is 0 Å². The number of hydrogen-bond donors (Lipinski definition) is 2. The highest BCUT2D eigenvalue weighted by atomic mass is 16.2. The zero-order chi connectivity index (χ0) is 18.1. The van der Waals surface area contributed by atoms with Crippen molar-refractivity contribution in [3.63, 3.8) is 0 Å². The molecule has 1 saturated carbocycles. The Bertz CT molecular complexity index is 655. The largest absolute Gasteiger partial charge is 0.350 e. The second-order valence-corrected chi connectivity index (χ2v) is 8.03. The maximum Gasteiger partial charge on any atom is 0.317 e. The molecule has 2 N–H and O–H groups in total. The summed E-state index contributed by atoms with van der Waals surface area (Å²) < 4.78 is 0. The van der Waals surface area contributed by atoms with E-state index in [2.05, 4.69) is 46.7 Å². The number of urea groups is 1. The van der Waals surface area contributed by atoms with Gasteiger partial charge in [-0.15, -0.1) is 0 Å². The summed E-state index contributed by atoms with van der Waals surface area (Å²) in [7, 11) is 0. The number of nitrogens with one attached hydrogen (secondary N) is 2. The van der Waals surface area contributed by atoms with Crippen LogP contribution in [0.25, 0.3) is 0 Å². The van der Waals surface area contributed by atoms with Gasteiger partial charge in [0.25, 0.3) is 0 Å². The zero-order valence-corrected chi connectivity index (χ0v) is 15.4. The molecule has 1 aliphatic carbocycles. The molecule has 2 atom stereocenters. The Morgan fingerprint density at radius 2 is 1.77 bits per heavy atom. The molecular formula is C20H28N4O2. The molecule has 4 rings (SSSR count). The molecule has 140 valence electrons.